The molecule has 2 aromatic heterocycles. The van der Waals surface area contributed by atoms with E-state index in [2.05, 4.69) is 237 Å². The molecule has 0 fully saturated rings. The largest absolute Gasteiger partial charge is 0.208 e. The Labute approximate surface area is 392 Å². The van der Waals surface area contributed by atoms with Crippen LogP contribution in [0.2, 0.25) is 0 Å². The number of aromatic nitrogens is 3. The van der Waals surface area contributed by atoms with Crippen LogP contribution in [-0.2, 0) is 0 Å². The van der Waals surface area contributed by atoms with Gasteiger partial charge in [0.1, 0.15) is 0 Å². The van der Waals surface area contributed by atoms with Gasteiger partial charge >= 0.3 is 0 Å². The lowest BCUT2D eigenvalue weighted by Gasteiger charge is -2.16. The summed E-state index contributed by atoms with van der Waals surface area (Å²) in [6, 6.07) is 84.7. The quantitative estimate of drug-likeness (QED) is 0.160. The van der Waals surface area contributed by atoms with Crippen molar-refractivity contribution >= 4 is 63.8 Å². The molecule has 67 heavy (non-hydrogen) atoms. The first-order chi connectivity index (χ1) is 33.2. The molecule has 0 bridgehead atoms. The minimum atomic E-state index is 0.616. The van der Waals surface area contributed by atoms with Crippen LogP contribution < -0.4 is 0 Å². The Kier molecular flexibility index (Phi) is 9.36. The first kappa shape index (κ1) is 38.9. The van der Waals surface area contributed by atoms with Crippen molar-refractivity contribution in [3.63, 3.8) is 0 Å². The van der Waals surface area contributed by atoms with Gasteiger partial charge in [-0.15, -0.1) is 11.3 Å². The van der Waals surface area contributed by atoms with Crippen molar-refractivity contribution in [1.82, 2.24) is 15.0 Å². The van der Waals surface area contributed by atoms with Crippen LogP contribution in [0.3, 0.4) is 0 Å². The molecular formula is C63H39N3S. The van der Waals surface area contributed by atoms with Crippen LogP contribution in [0.5, 0.6) is 0 Å². The van der Waals surface area contributed by atoms with Crippen molar-refractivity contribution in [3.8, 4) is 78.7 Å². The number of hydrogen-bond acceptors (Lipinski definition) is 4. The van der Waals surface area contributed by atoms with Gasteiger partial charge in [0.2, 0.25) is 0 Å². The van der Waals surface area contributed by atoms with Gasteiger partial charge in [-0.05, 0) is 102 Å². The Morgan fingerprint density at radius 3 is 1.57 bits per heavy atom. The van der Waals surface area contributed by atoms with Crippen LogP contribution in [0.15, 0.2) is 237 Å². The molecular weight excluding hydrogens is 831 g/mol. The van der Waals surface area contributed by atoms with E-state index < -0.39 is 0 Å². The third kappa shape index (κ3) is 6.86. The summed E-state index contributed by atoms with van der Waals surface area (Å²) in [5, 5.41) is 9.54. The van der Waals surface area contributed by atoms with Gasteiger partial charge in [0, 0.05) is 42.4 Å². The SMILES string of the molecule is c1ccc(-c2ccc3ccc(-c4nc(-c5cccc(-c6ccc(-c7ccccc7)c7ccccc67)c5)nc(-c5ccc6c(sc7ccccc76)c5-c5cccc6ccccc56)n4)cc3c2)cc1. The fraction of sp³-hybridized carbons (Fsp3) is 0. The molecule has 312 valence electrons. The van der Waals surface area contributed by atoms with Gasteiger partial charge in [-0.3, -0.25) is 0 Å². The monoisotopic (exact) mass is 869 g/mol. The van der Waals surface area contributed by atoms with Gasteiger partial charge in [-0.25, -0.2) is 15.0 Å². The standard InChI is InChI=1S/C63H39N3S/c1-3-15-40(16-4-1)44-31-29-41-30-32-47(39-48(41)37-44)62-64-61(46-22-13-21-45(38-46)51-34-33-50(42-17-5-2-6-18-42)52-24-9-10-25-53(51)52)65-63(66-62)57-36-35-56-54-26-11-12-28-58(54)67-60(56)59(57)55-27-14-20-43-19-7-8-23-49(43)55/h1-39H. The second-order valence-corrected chi connectivity index (χ2v) is 18.1. The molecule has 0 saturated carbocycles. The van der Waals surface area contributed by atoms with E-state index in [1.54, 1.807) is 0 Å². The number of rotatable bonds is 7. The molecule has 3 nitrogen and oxygen atoms in total. The number of nitrogens with zero attached hydrogens (tertiary/aromatic N) is 3. The van der Waals surface area contributed by atoms with Crippen molar-refractivity contribution in [2.75, 3.05) is 0 Å². The van der Waals surface area contributed by atoms with Crippen molar-refractivity contribution in [2.45, 2.75) is 0 Å². The molecule has 2 heterocycles. The van der Waals surface area contributed by atoms with E-state index in [-0.39, 0.29) is 0 Å². The minimum Gasteiger partial charge on any atom is -0.208 e. The molecule has 11 aromatic carbocycles. The Morgan fingerprint density at radius 2 is 0.791 bits per heavy atom. The zero-order chi connectivity index (χ0) is 44.3. The zero-order valence-corrected chi connectivity index (χ0v) is 37.1. The molecule has 13 rings (SSSR count). The van der Waals surface area contributed by atoms with E-state index in [1.165, 1.54) is 64.0 Å². The molecule has 4 heteroatoms. The maximum absolute atomic E-state index is 5.48. The van der Waals surface area contributed by atoms with Crippen molar-refractivity contribution in [3.05, 3.63) is 237 Å². The molecule has 0 saturated heterocycles. The molecule has 0 unspecified atom stereocenters. The topological polar surface area (TPSA) is 38.7 Å². The molecule has 0 aliphatic rings. The molecule has 13 aromatic rings. The van der Waals surface area contributed by atoms with Crippen LogP contribution in [-0.4, -0.2) is 15.0 Å². The number of fused-ring (bicyclic) bond motifs is 6. The van der Waals surface area contributed by atoms with E-state index in [1.807, 2.05) is 11.3 Å². The summed E-state index contributed by atoms with van der Waals surface area (Å²) in [7, 11) is 0. The van der Waals surface area contributed by atoms with Crippen molar-refractivity contribution in [2.24, 2.45) is 0 Å². The van der Waals surface area contributed by atoms with E-state index in [0.29, 0.717) is 17.5 Å². The molecule has 0 radical (unpaired) electrons. The Balaban J connectivity index is 1.04. The molecule has 0 N–H and O–H groups in total. The first-order valence-corrected chi connectivity index (χ1v) is 23.5. The van der Waals surface area contributed by atoms with Crippen molar-refractivity contribution in [1.29, 1.82) is 0 Å². The molecule has 0 aliphatic carbocycles. The summed E-state index contributed by atoms with van der Waals surface area (Å²) in [5.74, 6) is 1.87. The van der Waals surface area contributed by atoms with Crippen LogP contribution in [0.25, 0.3) is 131 Å². The van der Waals surface area contributed by atoms with Crippen LogP contribution in [0.4, 0.5) is 0 Å². The van der Waals surface area contributed by atoms with Crippen molar-refractivity contribution < 1.29 is 0 Å². The van der Waals surface area contributed by atoms with Gasteiger partial charge in [-0.2, -0.15) is 0 Å². The van der Waals surface area contributed by atoms with E-state index in [0.717, 1.165) is 49.7 Å². The summed E-state index contributed by atoms with van der Waals surface area (Å²) in [5.41, 5.74) is 12.1. The number of benzene rings is 11. The van der Waals surface area contributed by atoms with Gasteiger partial charge in [0.05, 0.1) is 0 Å². The lowest BCUT2D eigenvalue weighted by atomic mass is 9.91. The third-order valence-electron chi connectivity index (χ3n) is 13.1. The fourth-order valence-corrected chi connectivity index (χ4v) is 11.1. The predicted molar refractivity (Wildman–Crippen MR) is 283 cm³/mol. The Hall–Kier alpha value is -8.57. The smallest absolute Gasteiger partial charge is 0.164 e. The second-order valence-electron chi connectivity index (χ2n) is 17.1. The van der Waals surface area contributed by atoms with Gasteiger partial charge in [0.15, 0.2) is 17.5 Å². The molecule has 0 amide bonds. The highest BCUT2D eigenvalue weighted by molar-refractivity contribution is 7.26. The highest BCUT2D eigenvalue weighted by Crippen LogP contribution is 2.47. The Bertz CT molecular complexity index is 4040. The lowest BCUT2D eigenvalue weighted by molar-refractivity contribution is 1.08. The summed E-state index contributed by atoms with van der Waals surface area (Å²) in [6.45, 7) is 0. The van der Waals surface area contributed by atoms with E-state index in [9.17, 15) is 0 Å². The van der Waals surface area contributed by atoms with Gasteiger partial charge < -0.3 is 0 Å². The molecule has 0 atom stereocenters. The average molecular weight is 870 g/mol. The zero-order valence-electron chi connectivity index (χ0n) is 36.3. The Morgan fingerprint density at radius 1 is 0.254 bits per heavy atom. The number of hydrogen-bond donors (Lipinski definition) is 0. The summed E-state index contributed by atoms with van der Waals surface area (Å²) >= 11 is 1.83. The average Bonchev–Trinajstić information content (AvgIpc) is 3.79. The maximum atomic E-state index is 5.48. The highest BCUT2D eigenvalue weighted by Gasteiger charge is 2.22. The summed E-state index contributed by atoms with van der Waals surface area (Å²) in [6.07, 6.45) is 0. The third-order valence-corrected chi connectivity index (χ3v) is 14.3. The predicted octanol–water partition coefficient (Wildman–Crippen LogP) is 17.4. The lowest BCUT2D eigenvalue weighted by Crippen LogP contribution is -2.01. The van der Waals surface area contributed by atoms with E-state index >= 15 is 0 Å². The van der Waals surface area contributed by atoms with Gasteiger partial charge in [-0.1, -0.05) is 206 Å². The van der Waals surface area contributed by atoms with Crippen LogP contribution in [0.1, 0.15) is 0 Å². The fourth-order valence-electron chi connectivity index (χ4n) is 9.88. The minimum absolute atomic E-state index is 0.616. The molecule has 0 aliphatic heterocycles. The summed E-state index contributed by atoms with van der Waals surface area (Å²) < 4.78 is 2.46. The summed E-state index contributed by atoms with van der Waals surface area (Å²) in [4.78, 5) is 16.3. The van der Waals surface area contributed by atoms with E-state index in [4.69, 9.17) is 15.0 Å². The number of thiophene rings is 1. The van der Waals surface area contributed by atoms with Crippen LogP contribution in [0, 0.1) is 0 Å². The first-order valence-electron chi connectivity index (χ1n) is 22.7. The second kappa shape index (κ2) is 16.1. The molecule has 0 spiro atoms. The van der Waals surface area contributed by atoms with Gasteiger partial charge in [0.25, 0.3) is 0 Å². The highest BCUT2D eigenvalue weighted by atomic mass is 32.1. The maximum Gasteiger partial charge on any atom is 0.164 e. The van der Waals surface area contributed by atoms with Crippen LogP contribution >= 0.6 is 11.3 Å². The normalized spacial score (nSPS) is 11.6.